The number of rotatable bonds is 4. The lowest BCUT2D eigenvalue weighted by Crippen LogP contribution is -2.41. The van der Waals surface area contributed by atoms with E-state index in [-0.39, 0.29) is 0 Å². The van der Waals surface area contributed by atoms with Crippen molar-refractivity contribution in [3.63, 3.8) is 0 Å². The lowest BCUT2D eigenvalue weighted by Gasteiger charge is -2.32. The Bertz CT molecular complexity index is 520. The smallest absolute Gasteiger partial charge is 0.400 e. The van der Waals surface area contributed by atoms with Crippen LogP contribution in [0.4, 0.5) is 0 Å². The summed E-state index contributed by atoms with van der Waals surface area (Å²) in [6, 6.07) is 1.90. The van der Waals surface area contributed by atoms with E-state index in [9.17, 15) is 4.79 Å². The van der Waals surface area contributed by atoms with Crippen molar-refractivity contribution in [2.24, 2.45) is 5.73 Å². The van der Waals surface area contributed by atoms with E-state index in [1.165, 1.54) is 11.3 Å². The summed E-state index contributed by atoms with van der Waals surface area (Å²) in [6.45, 7) is 8.33. The zero-order chi connectivity index (χ0) is 15.0. The van der Waals surface area contributed by atoms with E-state index in [0.717, 1.165) is 17.3 Å². The molecule has 0 saturated carbocycles. The van der Waals surface area contributed by atoms with Gasteiger partial charge in [-0.15, -0.1) is 11.3 Å². The second-order valence-electron chi connectivity index (χ2n) is 5.87. The van der Waals surface area contributed by atoms with Gasteiger partial charge in [-0.1, -0.05) is 6.08 Å². The van der Waals surface area contributed by atoms with Gasteiger partial charge < -0.3 is 15.0 Å². The molecule has 4 nitrogen and oxygen atoms in total. The Balaban J connectivity index is 2.29. The molecule has 0 amide bonds. The van der Waals surface area contributed by atoms with Crippen LogP contribution in [0.1, 0.15) is 42.9 Å². The van der Waals surface area contributed by atoms with E-state index in [4.69, 9.17) is 15.0 Å². The Morgan fingerprint density at radius 2 is 1.95 bits per heavy atom. The van der Waals surface area contributed by atoms with Crippen LogP contribution in [0.5, 0.6) is 0 Å². The SMILES string of the molecule is CC1(C)OB(C(=Cc2ccsc2C=O)CN)OC1(C)C. The zero-order valence-corrected chi connectivity index (χ0v) is 13.1. The predicted octanol–water partition coefficient (Wildman–Crippen LogP) is 2.53. The molecule has 1 aromatic rings. The Morgan fingerprint density at radius 1 is 1.35 bits per heavy atom. The van der Waals surface area contributed by atoms with Crippen LogP contribution in [-0.2, 0) is 9.31 Å². The molecule has 2 heterocycles. The molecule has 0 radical (unpaired) electrons. The summed E-state index contributed by atoms with van der Waals surface area (Å²) in [7, 11) is -0.468. The lowest BCUT2D eigenvalue weighted by molar-refractivity contribution is 0.00578. The number of aldehydes is 1. The first-order valence-corrected chi connectivity index (χ1v) is 7.47. The summed E-state index contributed by atoms with van der Waals surface area (Å²) in [6.07, 6.45) is 2.75. The van der Waals surface area contributed by atoms with E-state index < -0.39 is 18.3 Å². The molecule has 1 aliphatic rings. The van der Waals surface area contributed by atoms with Gasteiger partial charge in [0.15, 0.2) is 6.29 Å². The monoisotopic (exact) mass is 293 g/mol. The Morgan fingerprint density at radius 3 is 2.45 bits per heavy atom. The maximum absolute atomic E-state index is 11.0. The minimum atomic E-state index is -0.468. The molecule has 0 spiro atoms. The third-order valence-electron chi connectivity index (χ3n) is 3.97. The molecule has 108 valence electrons. The summed E-state index contributed by atoms with van der Waals surface area (Å²) in [5.41, 5.74) is 6.73. The van der Waals surface area contributed by atoms with Crippen LogP contribution in [0.3, 0.4) is 0 Å². The van der Waals surface area contributed by atoms with Gasteiger partial charge in [0.1, 0.15) is 0 Å². The standard InChI is InChI=1S/C14H20BNO3S/c1-13(2)14(3,4)19-15(18-13)11(8-16)7-10-5-6-20-12(10)9-17/h5-7,9H,8,16H2,1-4H3. The number of carbonyl (C=O) groups is 1. The van der Waals surface area contributed by atoms with Gasteiger partial charge in [0.2, 0.25) is 0 Å². The fourth-order valence-electron chi connectivity index (χ4n) is 1.96. The van der Waals surface area contributed by atoms with Crippen LogP contribution >= 0.6 is 11.3 Å². The number of nitrogens with two attached hydrogens (primary N) is 1. The van der Waals surface area contributed by atoms with E-state index in [1.54, 1.807) is 0 Å². The highest BCUT2D eigenvalue weighted by Gasteiger charge is 2.52. The normalized spacial score (nSPS) is 21.2. The quantitative estimate of drug-likeness (QED) is 0.684. The Labute approximate surface area is 124 Å². The van der Waals surface area contributed by atoms with Crippen molar-refractivity contribution in [1.82, 2.24) is 0 Å². The van der Waals surface area contributed by atoms with Crippen LogP contribution in [0.15, 0.2) is 16.9 Å². The molecule has 6 heteroatoms. The molecule has 0 aliphatic carbocycles. The second kappa shape index (κ2) is 5.45. The van der Waals surface area contributed by atoms with Gasteiger partial charge >= 0.3 is 7.12 Å². The first-order valence-electron chi connectivity index (χ1n) is 6.59. The fourth-order valence-corrected chi connectivity index (χ4v) is 2.64. The molecule has 0 unspecified atom stereocenters. The van der Waals surface area contributed by atoms with Gasteiger partial charge in [-0.25, -0.2) is 0 Å². The van der Waals surface area contributed by atoms with Gasteiger partial charge in [0.25, 0.3) is 0 Å². The van der Waals surface area contributed by atoms with Gasteiger partial charge in [-0.3, -0.25) is 4.79 Å². The van der Waals surface area contributed by atoms with Gasteiger partial charge in [-0.2, -0.15) is 0 Å². The van der Waals surface area contributed by atoms with Crippen LogP contribution in [0.25, 0.3) is 6.08 Å². The maximum atomic E-state index is 11.0. The minimum absolute atomic E-state index is 0.324. The summed E-state index contributed by atoms with van der Waals surface area (Å²) >= 11 is 1.41. The summed E-state index contributed by atoms with van der Waals surface area (Å²) < 4.78 is 12.0. The van der Waals surface area contributed by atoms with Crippen molar-refractivity contribution in [3.05, 3.63) is 27.4 Å². The second-order valence-corrected chi connectivity index (χ2v) is 6.82. The summed E-state index contributed by atoms with van der Waals surface area (Å²) in [4.78, 5) is 11.7. The topological polar surface area (TPSA) is 61.5 Å². The Hall–Kier alpha value is -0.945. The van der Waals surface area contributed by atoms with Gasteiger partial charge in [0.05, 0.1) is 16.1 Å². The van der Waals surface area contributed by atoms with Crippen molar-refractivity contribution >= 4 is 30.8 Å². The first kappa shape index (κ1) is 15.4. The van der Waals surface area contributed by atoms with Crippen LogP contribution < -0.4 is 5.73 Å². The van der Waals surface area contributed by atoms with Crippen molar-refractivity contribution in [2.45, 2.75) is 38.9 Å². The maximum Gasteiger partial charge on any atom is 0.491 e. The Kier molecular flexibility index (Phi) is 4.20. The largest absolute Gasteiger partial charge is 0.491 e. The highest BCUT2D eigenvalue weighted by atomic mass is 32.1. The van der Waals surface area contributed by atoms with E-state index >= 15 is 0 Å². The van der Waals surface area contributed by atoms with Crippen molar-refractivity contribution in [2.75, 3.05) is 6.54 Å². The molecule has 2 rings (SSSR count). The molecule has 20 heavy (non-hydrogen) atoms. The van der Waals surface area contributed by atoms with Gasteiger partial charge in [-0.05, 0) is 50.2 Å². The van der Waals surface area contributed by atoms with E-state index in [2.05, 4.69) is 0 Å². The highest BCUT2D eigenvalue weighted by Crippen LogP contribution is 2.38. The number of carbonyl (C=O) groups excluding carboxylic acids is 1. The molecular formula is C14H20BNO3S. The van der Waals surface area contributed by atoms with E-state index in [1.807, 2.05) is 45.2 Å². The highest BCUT2D eigenvalue weighted by molar-refractivity contribution is 7.12. The lowest BCUT2D eigenvalue weighted by atomic mass is 9.77. The summed E-state index contributed by atoms with van der Waals surface area (Å²) in [5, 5.41) is 1.88. The van der Waals surface area contributed by atoms with Crippen LogP contribution in [-0.4, -0.2) is 31.2 Å². The summed E-state index contributed by atoms with van der Waals surface area (Å²) in [5.74, 6) is 0. The predicted molar refractivity (Wildman–Crippen MR) is 82.8 cm³/mol. The zero-order valence-electron chi connectivity index (χ0n) is 12.3. The van der Waals surface area contributed by atoms with Crippen LogP contribution in [0.2, 0.25) is 0 Å². The minimum Gasteiger partial charge on any atom is -0.400 e. The average Bonchev–Trinajstić information content (AvgIpc) is 2.88. The third kappa shape index (κ3) is 2.74. The number of hydrogen-bond donors (Lipinski definition) is 1. The van der Waals surface area contributed by atoms with Crippen molar-refractivity contribution in [1.29, 1.82) is 0 Å². The molecule has 0 atom stereocenters. The fraction of sp³-hybridized carbons (Fsp3) is 0.500. The van der Waals surface area contributed by atoms with Gasteiger partial charge in [0, 0.05) is 6.54 Å². The first-order chi connectivity index (χ1) is 9.30. The van der Waals surface area contributed by atoms with E-state index in [0.29, 0.717) is 11.4 Å². The molecule has 0 aromatic carbocycles. The van der Waals surface area contributed by atoms with Crippen molar-refractivity contribution < 1.29 is 14.1 Å². The molecule has 2 N–H and O–H groups in total. The molecular weight excluding hydrogens is 273 g/mol. The third-order valence-corrected chi connectivity index (χ3v) is 4.82. The number of hydrogen-bond acceptors (Lipinski definition) is 5. The number of thiophene rings is 1. The molecule has 0 bridgehead atoms. The molecule has 1 saturated heterocycles. The average molecular weight is 293 g/mol. The molecule has 1 aliphatic heterocycles. The molecule has 1 aromatic heterocycles. The molecule has 1 fully saturated rings. The van der Waals surface area contributed by atoms with Crippen molar-refractivity contribution in [3.8, 4) is 0 Å². The van der Waals surface area contributed by atoms with Crippen LogP contribution in [0, 0.1) is 0 Å².